The van der Waals surface area contributed by atoms with Crippen LogP contribution in [0.1, 0.15) is 47.8 Å². The van der Waals surface area contributed by atoms with Gasteiger partial charge in [-0.1, -0.05) is 13.3 Å². The summed E-state index contributed by atoms with van der Waals surface area (Å²) in [5.41, 5.74) is 1.29. The number of piperidine rings is 1. The molecular weight excluding hydrogens is 192 g/mol. The van der Waals surface area contributed by atoms with Crippen molar-refractivity contribution in [3.63, 3.8) is 0 Å². The third-order valence-electron chi connectivity index (χ3n) is 2.85. The monoisotopic (exact) mass is 210 g/mol. The second-order valence-electron chi connectivity index (χ2n) is 3.91. The number of nitrogens with zero attached hydrogens (tertiary/aromatic N) is 1. The molecular formula is C11H18N2S. The van der Waals surface area contributed by atoms with Crippen molar-refractivity contribution in [1.82, 2.24) is 10.3 Å². The first-order chi connectivity index (χ1) is 6.81. The Morgan fingerprint density at radius 2 is 2.36 bits per heavy atom. The summed E-state index contributed by atoms with van der Waals surface area (Å²) in [6.07, 6.45) is 4.99. The summed E-state index contributed by atoms with van der Waals surface area (Å²) in [7, 11) is 0. The molecule has 1 aliphatic heterocycles. The fourth-order valence-electron chi connectivity index (χ4n) is 1.99. The zero-order valence-electron chi connectivity index (χ0n) is 8.97. The van der Waals surface area contributed by atoms with E-state index in [1.165, 1.54) is 34.8 Å². The highest BCUT2D eigenvalue weighted by Gasteiger charge is 2.18. The highest BCUT2D eigenvalue weighted by atomic mass is 32.1. The Morgan fingerprint density at radius 3 is 2.93 bits per heavy atom. The first-order valence-corrected chi connectivity index (χ1v) is 6.32. The van der Waals surface area contributed by atoms with Gasteiger partial charge < -0.3 is 5.32 Å². The lowest BCUT2D eigenvalue weighted by atomic mass is 10.1. The van der Waals surface area contributed by atoms with E-state index >= 15 is 0 Å². The molecule has 0 bridgehead atoms. The number of aryl methyl sites for hydroxylation is 2. The molecule has 0 saturated carbocycles. The number of thiazole rings is 1. The lowest BCUT2D eigenvalue weighted by molar-refractivity contribution is 0.411. The summed E-state index contributed by atoms with van der Waals surface area (Å²) in [4.78, 5) is 6.11. The average Bonchev–Trinajstić information content (AvgIpc) is 2.61. The van der Waals surface area contributed by atoms with Gasteiger partial charge in [0.15, 0.2) is 0 Å². The van der Waals surface area contributed by atoms with Crippen LogP contribution in [0, 0.1) is 6.92 Å². The molecule has 2 rings (SSSR count). The number of hydrogen-bond donors (Lipinski definition) is 1. The normalized spacial score (nSPS) is 22.6. The maximum absolute atomic E-state index is 4.71. The van der Waals surface area contributed by atoms with Crippen LogP contribution in [0.5, 0.6) is 0 Å². The predicted octanol–water partition coefficient (Wildman–Crippen LogP) is 2.83. The third-order valence-corrected chi connectivity index (χ3v) is 3.98. The number of nitrogens with one attached hydrogen (secondary N) is 1. The van der Waals surface area contributed by atoms with Crippen LogP contribution in [-0.4, -0.2) is 11.5 Å². The van der Waals surface area contributed by atoms with E-state index in [0.29, 0.717) is 6.04 Å². The SMILES string of the molecule is CCc1nc(C2CCCCN2)sc1C. The topological polar surface area (TPSA) is 24.9 Å². The van der Waals surface area contributed by atoms with Crippen molar-refractivity contribution in [2.45, 2.75) is 45.6 Å². The molecule has 2 nitrogen and oxygen atoms in total. The quantitative estimate of drug-likeness (QED) is 0.812. The Bertz CT molecular complexity index is 300. The van der Waals surface area contributed by atoms with Gasteiger partial charge in [-0.2, -0.15) is 0 Å². The Morgan fingerprint density at radius 1 is 1.50 bits per heavy atom. The van der Waals surface area contributed by atoms with Gasteiger partial charge in [0.2, 0.25) is 0 Å². The second kappa shape index (κ2) is 4.41. The fraction of sp³-hybridized carbons (Fsp3) is 0.727. The standard InChI is InChI=1S/C11H18N2S/c1-3-9-8(2)14-11(13-9)10-6-4-5-7-12-10/h10,12H,3-7H2,1-2H3. The van der Waals surface area contributed by atoms with Crippen LogP contribution in [0.15, 0.2) is 0 Å². The highest BCUT2D eigenvalue weighted by Crippen LogP contribution is 2.28. The molecule has 1 atom stereocenters. The molecule has 3 heteroatoms. The molecule has 0 radical (unpaired) electrons. The molecule has 1 aromatic heterocycles. The Labute approximate surface area is 89.8 Å². The molecule has 0 aromatic carbocycles. The zero-order valence-corrected chi connectivity index (χ0v) is 9.78. The molecule has 2 heterocycles. The molecule has 14 heavy (non-hydrogen) atoms. The summed E-state index contributed by atoms with van der Waals surface area (Å²) >= 11 is 1.87. The van der Waals surface area contributed by atoms with E-state index in [-0.39, 0.29) is 0 Å². The minimum absolute atomic E-state index is 0.535. The van der Waals surface area contributed by atoms with E-state index in [9.17, 15) is 0 Å². The minimum Gasteiger partial charge on any atom is -0.308 e. The smallest absolute Gasteiger partial charge is 0.110 e. The first kappa shape index (κ1) is 10.1. The lowest BCUT2D eigenvalue weighted by Crippen LogP contribution is -2.26. The van der Waals surface area contributed by atoms with Gasteiger partial charge in [-0.25, -0.2) is 4.98 Å². The maximum Gasteiger partial charge on any atom is 0.110 e. The summed E-state index contributed by atoms with van der Waals surface area (Å²) in [6, 6.07) is 0.535. The highest BCUT2D eigenvalue weighted by molar-refractivity contribution is 7.11. The van der Waals surface area contributed by atoms with Crippen molar-refractivity contribution in [3.8, 4) is 0 Å². The van der Waals surface area contributed by atoms with E-state index in [4.69, 9.17) is 4.98 Å². The van der Waals surface area contributed by atoms with E-state index in [1.54, 1.807) is 0 Å². The number of aromatic nitrogens is 1. The summed E-state index contributed by atoms with van der Waals surface area (Å²) in [6.45, 7) is 5.52. The average molecular weight is 210 g/mol. The van der Waals surface area contributed by atoms with Crippen molar-refractivity contribution in [3.05, 3.63) is 15.6 Å². The molecule has 1 N–H and O–H groups in total. The van der Waals surface area contributed by atoms with Crippen LogP contribution in [0.3, 0.4) is 0 Å². The van der Waals surface area contributed by atoms with E-state index < -0.39 is 0 Å². The molecule has 1 saturated heterocycles. The van der Waals surface area contributed by atoms with Gasteiger partial charge in [-0.15, -0.1) is 11.3 Å². The Kier molecular flexibility index (Phi) is 3.19. The first-order valence-electron chi connectivity index (χ1n) is 5.51. The molecule has 1 aliphatic rings. The summed E-state index contributed by atoms with van der Waals surface area (Å²) in [5, 5.41) is 4.85. The third kappa shape index (κ3) is 1.98. The second-order valence-corrected chi connectivity index (χ2v) is 5.15. The largest absolute Gasteiger partial charge is 0.308 e. The van der Waals surface area contributed by atoms with Crippen LogP contribution >= 0.6 is 11.3 Å². The van der Waals surface area contributed by atoms with Crippen LogP contribution < -0.4 is 5.32 Å². The summed E-state index contributed by atoms with van der Waals surface area (Å²) < 4.78 is 0. The molecule has 78 valence electrons. The van der Waals surface area contributed by atoms with Crippen LogP contribution in [0.25, 0.3) is 0 Å². The van der Waals surface area contributed by atoms with Gasteiger partial charge in [0.25, 0.3) is 0 Å². The van der Waals surface area contributed by atoms with Gasteiger partial charge in [0, 0.05) is 4.88 Å². The Hall–Kier alpha value is -0.410. The van der Waals surface area contributed by atoms with Crippen molar-refractivity contribution in [2.75, 3.05) is 6.54 Å². The number of hydrogen-bond acceptors (Lipinski definition) is 3. The van der Waals surface area contributed by atoms with Crippen LogP contribution in [-0.2, 0) is 6.42 Å². The molecule has 1 aromatic rings. The molecule has 0 spiro atoms. The van der Waals surface area contributed by atoms with E-state index in [1.807, 2.05) is 11.3 Å². The molecule has 0 amide bonds. The van der Waals surface area contributed by atoms with Gasteiger partial charge >= 0.3 is 0 Å². The van der Waals surface area contributed by atoms with E-state index in [0.717, 1.165) is 13.0 Å². The van der Waals surface area contributed by atoms with Crippen molar-refractivity contribution in [1.29, 1.82) is 0 Å². The van der Waals surface area contributed by atoms with Gasteiger partial charge in [-0.05, 0) is 32.7 Å². The van der Waals surface area contributed by atoms with Crippen LogP contribution in [0.4, 0.5) is 0 Å². The lowest BCUT2D eigenvalue weighted by Gasteiger charge is -2.21. The van der Waals surface area contributed by atoms with Crippen molar-refractivity contribution >= 4 is 11.3 Å². The predicted molar refractivity (Wildman–Crippen MR) is 60.8 cm³/mol. The maximum atomic E-state index is 4.71. The molecule has 1 unspecified atom stereocenters. The zero-order chi connectivity index (χ0) is 9.97. The van der Waals surface area contributed by atoms with Crippen molar-refractivity contribution in [2.24, 2.45) is 0 Å². The van der Waals surface area contributed by atoms with Gasteiger partial charge in [-0.3, -0.25) is 0 Å². The molecule has 1 fully saturated rings. The van der Waals surface area contributed by atoms with E-state index in [2.05, 4.69) is 19.2 Å². The number of rotatable bonds is 2. The van der Waals surface area contributed by atoms with Gasteiger partial charge in [0.1, 0.15) is 5.01 Å². The van der Waals surface area contributed by atoms with Gasteiger partial charge in [0.05, 0.1) is 11.7 Å². The minimum atomic E-state index is 0.535. The molecule has 0 aliphatic carbocycles. The Balaban J connectivity index is 2.14. The van der Waals surface area contributed by atoms with Crippen LogP contribution in [0.2, 0.25) is 0 Å². The fourth-order valence-corrected chi connectivity index (χ4v) is 3.11. The summed E-state index contributed by atoms with van der Waals surface area (Å²) in [5.74, 6) is 0. The van der Waals surface area contributed by atoms with Crippen molar-refractivity contribution < 1.29 is 0 Å².